The first-order valence-corrected chi connectivity index (χ1v) is 11.4. The highest BCUT2D eigenvalue weighted by Gasteiger charge is 2.24. The van der Waals surface area contributed by atoms with Crippen molar-refractivity contribution in [2.24, 2.45) is 0 Å². The first-order valence-electron chi connectivity index (χ1n) is 8.78. The molecule has 0 saturated carbocycles. The third kappa shape index (κ3) is 5.98. The maximum atomic E-state index is 13.3. The monoisotopic (exact) mass is 486 g/mol. The number of rotatable bonds is 6. The van der Waals surface area contributed by atoms with Crippen molar-refractivity contribution in [2.45, 2.75) is 22.0 Å². The van der Waals surface area contributed by atoms with E-state index in [1.807, 2.05) is 0 Å². The molecule has 0 amide bonds. The number of benzene rings is 2. The van der Waals surface area contributed by atoms with Gasteiger partial charge in [-0.25, -0.2) is 35.9 Å². The molecule has 0 aliphatic carbocycles. The van der Waals surface area contributed by atoms with Gasteiger partial charge in [0, 0.05) is 16.9 Å². The van der Waals surface area contributed by atoms with Crippen LogP contribution < -0.4 is 0 Å². The molecular formula is C20H14F4N2O4S2. The normalized spacial score (nSPS) is 11.1. The fraction of sp³-hybridized carbons (Fsp3) is 0.100. The Morgan fingerprint density at radius 3 is 1.81 bits per heavy atom. The van der Waals surface area contributed by atoms with Crippen molar-refractivity contribution in [3.05, 3.63) is 95.7 Å². The zero-order valence-corrected chi connectivity index (χ0v) is 17.7. The molecule has 0 atom stereocenters. The molecule has 4 aromatic rings. The molecule has 0 unspecified atom stereocenters. The van der Waals surface area contributed by atoms with Crippen molar-refractivity contribution in [3.8, 4) is 0 Å². The lowest BCUT2D eigenvalue weighted by Gasteiger charge is -2.03. The van der Waals surface area contributed by atoms with Crippen LogP contribution in [0.3, 0.4) is 0 Å². The Hall–Kier alpha value is -3.12. The summed E-state index contributed by atoms with van der Waals surface area (Å²) in [5, 5.41) is -0.155. The standard InChI is InChI=1S/C10H7F2NO3S.C10H7F2NOS/c11-8-2-1-3-9(12)7(8)6-17(14,15)10-13-4-5-16-10;11-8-2-1-3-9(12)7(8)6-15-10-13-4-5-14-10/h1-5H,6H2;1-5H,6H2. The quantitative estimate of drug-likeness (QED) is 0.274. The number of oxazole rings is 2. The van der Waals surface area contributed by atoms with E-state index in [2.05, 4.69) is 14.4 Å². The van der Waals surface area contributed by atoms with E-state index in [0.717, 1.165) is 42.4 Å². The Kier molecular flexibility index (Phi) is 7.70. The Balaban J connectivity index is 0.000000182. The predicted octanol–water partition coefficient (Wildman–Crippen LogP) is 5.17. The van der Waals surface area contributed by atoms with E-state index in [0.29, 0.717) is 5.22 Å². The first kappa shape index (κ1) is 23.5. The van der Waals surface area contributed by atoms with E-state index >= 15 is 0 Å². The van der Waals surface area contributed by atoms with Gasteiger partial charge in [-0.05, 0) is 24.3 Å². The van der Waals surface area contributed by atoms with Crippen LogP contribution in [0.15, 0.2) is 80.6 Å². The van der Waals surface area contributed by atoms with Crippen molar-refractivity contribution in [1.82, 2.24) is 9.97 Å². The maximum Gasteiger partial charge on any atom is 0.315 e. The molecule has 32 heavy (non-hydrogen) atoms. The van der Waals surface area contributed by atoms with Gasteiger partial charge in [-0.2, -0.15) is 0 Å². The molecule has 168 valence electrons. The summed E-state index contributed by atoms with van der Waals surface area (Å²) in [6.45, 7) is 0. The van der Waals surface area contributed by atoms with Gasteiger partial charge >= 0.3 is 5.22 Å². The predicted molar refractivity (Wildman–Crippen MR) is 106 cm³/mol. The summed E-state index contributed by atoms with van der Waals surface area (Å²) in [5.74, 6) is -3.59. The van der Waals surface area contributed by atoms with Crippen LogP contribution in [0.5, 0.6) is 0 Å². The second-order valence-corrected chi connectivity index (χ2v) is 8.84. The van der Waals surface area contributed by atoms with Crippen LogP contribution in [0, 0.1) is 23.3 Å². The highest BCUT2D eigenvalue weighted by molar-refractivity contribution is 7.98. The minimum absolute atomic E-state index is 0.0423. The van der Waals surface area contributed by atoms with E-state index in [9.17, 15) is 26.0 Å². The Morgan fingerprint density at radius 1 is 0.781 bits per heavy atom. The maximum absolute atomic E-state index is 13.3. The SMILES string of the molecule is Fc1cccc(F)c1CSc1ncco1.O=S(=O)(Cc1c(F)cccc1F)c1ncco1. The van der Waals surface area contributed by atoms with Gasteiger partial charge in [-0.1, -0.05) is 23.9 Å². The van der Waals surface area contributed by atoms with E-state index in [4.69, 9.17) is 4.42 Å². The van der Waals surface area contributed by atoms with Gasteiger partial charge in [0.05, 0.1) is 18.1 Å². The number of hydrogen-bond donors (Lipinski definition) is 0. The van der Waals surface area contributed by atoms with Crippen molar-refractivity contribution in [3.63, 3.8) is 0 Å². The van der Waals surface area contributed by atoms with Crippen LogP contribution in [0.2, 0.25) is 0 Å². The van der Waals surface area contributed by atoms with Gasteiger partial charge in [0.25, 0.3) is 5.22 Å². The number of aromatic nitrogens is 2. The van der Waals surface area contributed by atoms with Gasteiger partial charge in [0.2, 0.25) is 9.84 Å². The minimum atomic E-state index is -3.97. The summed E-state index contributed by atoms with van der Waals surface area (Å²) in [7, 11) is -3.97. The number of hydrogen-bond acceptors (Lipinski definition) is 7. The number of halogens is 4. The molecule has 0 aliphatic rings. The molecule has 2 aromatic carbocycles. The second kappa shape index (κ2) is 10.5. The topological polar surface area (TPSA) is 86.2 Å². The molecule has 0 saturated heterocycles. The Labute approximate surface area is 184 Å². The highest BCUT2D eigenvalue weighted by atomic mass is 32.2. The van der Waals surface area contributed by atoms with Gasteiger partial charge in [-0.15, -0.1) is 0 Å². The molecule has 0 spiro atoms. The minimum Gasteiger partial charge on any atom is -0.440 e. The smallest absolute Gasteiger partial charge is 0.315 e. The van der Waals surface area contributed by atoms with E-state index in [-0.39, 0.29) is 11.3 Å². The second-order valence-electron chi connectivity index (χ2n) is 6.04. The molecule has 0 bridgehead atoms. The lowest BCUT2D eigenvalue weighted by Crippen LogP contribution is -2.08. The van der Waals surface area contributed by atoms with Gasteiger partial charge in [0.15, 0.2) is 0 Å². The number of nitrogens with zero attached hydrogens (tertiary/aromatic N) is 2. The number of sulfone groups is 1. The van der Waals surface area contributed by atoms with Crippen LogP contribution in [0.1, 0.15) is 11.1 Å². The average molecular weight is 486 g/mol. The van der Waals surface area contributed by atoms with Gasteiger partial charge in [-0.3, -0.25) is 0 Å². The third-order valence-corrected chi connectivity index (χ3v) is 6.17. The van der Waals surface area contributed by atoms with Crippen LogP contribution in [-0.4, -0.2) is 18.4 Å². The molecule has 2 aromatic heterocycles. The zero-order chi connectivity index (χ0) is 23.1. The largest absolute Gasteiger partial charge is 0.440 e. The molecule has 0 fully saturated rings. The van der Waals surface area contributed by atoms with Crippen molar-refractivity contribution >= 4 is 21.6 Å². The fourth-order valence-electron chi connectivity index (χ4n) is 2.37. The summed E-state index contributed by atoms with van der Waals surface area (Å²) >= 11 is 1.15. The van der Waals surface area contributed by atoms with Crippen LogP contribution >= 0.6 is 11.8 Å². The van der Waals surface area contributed by atoms with Crippen molar-refractivity contribution in [1.29, 1.82) is 0 Å². The van der Waals surface area contributed by atoms with Crippen LogP contribution in [0.4, 0.5) is 17.6 Å². The molecule has 2 heterocycles. The molecule has 0 aliphatic heterocycles. The summed E-state index contributed by atoms with van der Waals surface area (Å²) in [4.78, 5) is 7.29. The summed E-state index contributed by atoms with van der Waals surface area (Å²) < 4.78 is 85.8. The molecule has 0 N–H and O–H groups in total. The fourth-order valence-corrected chi connectivity index (χ4v) is 4.38. The molecule has 6 nitrogen and oxygen atoms in total. The zero-order valence-electron chi connectivity index (χ0n) is 16.0. The summed E-state index contributed by atoms with van der Waals surface area (Å²) in [6, 6.07) is 6.94. The lowest BCUT2D eigenvalue weighted by atomic mass is 10.2. The molecular weight excluding hydrogens is 472 g/mol. The average Bonchev–Trinajstić information content (AvgIpc) is 3.45. The van der Waals surface area contributed by atoms with E-state index < -0.39 is 49.6 Å². The molecule has 0 radical (unpaired) electrons. The molecule has 12 heteroatoms. The third-order valence-electron chi connectivity index (χ3n) is 3.88. The lowest BCUT2D eigenvalue weighted by molar-refractivity contribution is 0.429. The highest BCUT2D eigenvalue weighted by Crippen LogP contribution is 2.24. The van der Waals surface area contributed by atoms with Crippen molar-refractivity contribution in [2.75, 3.05) is 0 Å². The Morgan fingerprint density at radius 2 is 1.31 bits per heavy atom. The van der Waals surface area contributed by atoms with Gasteiger partial charge in [0.1, 0.15) is 35.8 Å². The summed E-state index contributed by atoms with van der Waals surface area (Å²) in [5.41, 5.74) is -0.480. The van der Waals surface area contributed by atoms with E-state index in [1.54, 1.807) is 0 Å². The first-order chi connectivity index (χ1) is 15.3. The van der Waals surface area contributed by atoms with Crippen LogP contribution in [-0.2, 0) is 21.3 Å². The summed E-state index contributed by atoms with van der Waals surface area (Å²) in [6.07, 6.45) is 5.12. The molecule has 4 rings (SSSR count). The van der Waals surface area contributed by atoms with Crippen molar-refractivity contribution < 1.29 is 34.8 Å². The van der Waals surface area contributed by atoms with E-state index in [1.165, 1.54) is 30.7 Å². The van der Waals surface area contributed by atoms with Crippen LogP contribution in [0.25, 0.3) is 0 Å². The Bertz CT molecular complexity index is 1220. The number of thioether (sulfide) groups is 1. The van der Waals surface area contributed by atoms with Gasteiger partial charge < -0.3 is 8.83 Å².